The fourth-order valence-electron chi connectivity index (χ4n) is 1.34. The lowest BCUT2D eigenvalue weighted by Crippen LogP contribution is -2.40. The molecule has 0 saturated heterocycles. The van der Waals surface area contributed by atoms with Gasteiger partial charge in [0.2, 0.25) is 0 Å². The molecule has 1 atom stereocenters. The first-order chi connectivity index (χ1) is 8.67. The van der Waals surface area contributed by atoms with E-state index in [4.69, 9.17) is 0 Å². The molecule has 0 amide bonds. The van der Waals surface area contributed by atoms with E-state index >= 15 is 0 Å². The highest BCUT2D eigenvalue weighted by molar-refractivity contribution is 14.0. The Hall–Kier alpha value is -0.830. The number of rotatable bonds is 5. The van der Waals surface area contributed by atoms with Crippen LogP contribution in [0.15, 0.2) is 22.5 Å². The van der Waals surface area contributed by atoms with Crippen molar-refractivity contribution in [3.8, 4) is 0 Å². The second kappa shape index (κ2) is 10.0. The number of carbonyl (C=O) groups excluding carboxylic acids is 1. The SMILES string of the molecule is CN=C(NCc1cccs1)NCC(C)C(=O)OC.I. The number of aliphatic imine (C=N–C) groups is 1. The third kappa shape index (κ3) is 6.76. The Morgan fingerprint density at radius 2 is 2.26 bits per heavy atom. The van der Waals surface area contributed by atoms with Gasteiger partial charge >= 0.3 is 5.97 Å². The van der Waals surface area contributed by atoms with Gasteiger partial charge in [0.05, 0.1) is 19.6 Å². The van der Waals surface area contributed by atoms with Crippen LogP contribution in [0, 0.1) is 5.92 Å². The summed E-state index contributed by atoms with van der Waals surface area (Å²) in [6.07, 6.45) is 0. The van der Waals surface area contributed by atoms with Crippen molar-refractivity contribution in [1.29, 1.82) is 0 Å². The van der Waals surface area contributed by atoms with Crippen LogP contribution >= 0.6 is 35.3 Å². The summed E-state index contributed by atoms with van der Waals surface area (Å²) in [4.78, 5) is 16.6. The van der Waals surface area contributed by atoms with Crippen molar-refractivity contribution >= 4 is 47.2 Å². The van der Waals surface area contributed by atoms with Crippen molar-refractivity contribution < 1.29 is 9.53 Å². The van der Waals surface area contributed by atoms with E-state index in [0.717, 1.165) is 6.54 Å². The third-order valence-electron chi connectivity index (χ3n) is 2.41. The monoisotopic (exact) mass is 397 g/mol. The zero-order valence-electron chi connectivity index (χ0n) is 11.3. The first-order valence-electron chi connectivity index (χ1n) is 5.72. The number of thiophene rings is 1. The van der Waals surface area contributed by atoms with Gasteiger partial charge in [-0.15, -0.1) is 35.3 Å². The summed E-state index contributed by atoms with van der Waals surface area (Å²) >= 11 is 1.69. The van der Waals surface area contributed by atoms with Gasteiger partial charge in [0.25, 0.3) is 0 Å². The molecule has 0 fully saturated rings. The fourth-order valence-corrected chi connectivity index (χ4v) is 1.98. The fraction of sp³-hybridized carbons (Fsp3) is 0.500. The molecule has 19 heavy (non-hydrogen) atoms. The van der Waals surface area contributed by atoms with Crippen LogP contribution in [0.4, 0.5) is 0 Å². The number of guanidine groups is 1. The van der Waals surface area contributed by atoms with E-state index in [9.17, 15) is 4.79 Å². The van der Waals surface area contributed by atoms with Crippen molar-refractivity contribution in [3.05, 3.63) is 22.4 Å². The minimum Gasteiger partial charge on any atom is -0.469 e. The molecule has 0 bridgehead atoms. The number of carbonyl (C=O) groups is 1. The van der Waals surface area contributed by atoms with Crippen LogP contribution in [0.1, 0.15) is 11.8 Å². The van der Waals surface area contributed by atoms with Crippen LogP contribution in [-0.4, -0.2) is 32.6 Å². The van der Waals surface area contributed by atoms with Gasteiger partial charge in [-0.2, -0.15) is 0 Å². The maximum Gasteiger partial charge on any atom is 0.310 e. The summed E-state index contributed by atoms with van der Waals surface area (Å²) in [5, 5.41) is 8.31. The second-order valence-electron chi connectivity index (χ2n) is 3.81. The highest BCUT2D eigenvalue weighted by atomic mass is 127. The molecule has 7 heteroatoms. The lowest BCUT2D eigenvalue weighted by molar-refractivity contribution is -0.144. The normalized spacial score (nSPS) is 12.3. The molecule has 1 heterocycles. The molecule has 0 radical (unpaired) electrons. The Morgan fingerprint density at radius 1 is 1.53 bits per heavy atom. The van der Waals surface area contributed by atoms with Crippen molar-refractivity contribution in [2.45, 2.75) is 13.5 Å². The summed E-state index contributed by atoms with van der Waals surface area (Å²) in [5.41, 5.74) is 0. The minimum absolute atomic E-state index is 0. The van der Waals surface area contributed by atoms with E-state index in [1.54, 1.807) is 18.4 Å². The number of hydrogen-bond donors (Lipinski definition) is 2. The predicted octanol–water partition coefficient (Wildman–Crippen LogP) is 1.84. The zero-order valence-corrected chi connectivity index (χ0v) is 14.5. The Labute approximate surface area is 134 Å². The van der Waals surface area contributed by atoms with Gasteiger partial charge in [0.1, 0.15) is 0 Å². The number of nitrogens with zero attached hydrogens (tertiary/aromatic N) is 1. The molecular formula is C12H20IN3O2S. The van der Waals surface area contributed by atoms with E-state index in [1.165, 1.54) is 12.0 Å². The molecule has 108 valence electrons. The molecule has 1 aromatic heterocycles. The highest BCUT2D eigenvalue weighted by Crippen LogP contribution is 2.07. The van der Waals surface area contributed by atoms with Crippen LogP contribution < -0.4 is 10.6 Å². The largest absolute Gasteiger partial charge is 0.469 e. The molecule has 0 saturated carbocycles. The molecule has 1 rings (SSSR count). The maximum atomic E-state index is 11.2. The molecule has 1 aromatic rings. The Bertz CT molecular complexity index is 396. The van der Waals surface area contributed by atoms with Gasteiger partial charge < -0.3 is 15.4 Å². The van der Waals surface area contributed by atoms with Gasteiger partial charge in [-0.05, 0) is 11.4 Å². The number of esters is 1. The quantitative estimate of drug-likeness (QED) is 0.345. The van der Waals surface area contributed by atoms with Gasteiger partial charge in [-0.25, -0.2) is 0 Å². The van der Waals surface area contributed by atoms with Crippen molar-refractivity contribution in [1.82, 2.24) is 10.6 Å². The summed E-state index contributed by atoms with van der Waals surface area (Å²) in [6, 6.07) is 4.07. The smallest absolute Gasteiger partial charge is 0.310 e. The van der Waals surface area contributed by atoms with E-state index in [1.807, 2.05) is 18.4 Å². The molecule has 5 nitrogen and oxygen atoms in total. The first kappa shape index (κ1) is 18.2. The minimum atomic E-state index is -0.226. The molecule has 0 aliphatic rings. The van der Waals surface area contributed by atoms with Crippen LogP contribution in [0.2, 0.25) is 0 Å². The number of nitrogens with one attached hydrogen (secondary N) is 2. The molecular weight excluding hydrogens is 377 g/mol. The number of halogens is 1. The highest BCUT2D eigenvalue weighted by Gasteiger charge is 2.13. The maximum absolute atomic E-state index is 11.2. The molecule has 0 aromatic carbocycles. The Kier molecular flexibility index (Phi) is 9.58. The third-order valence-corrected chi connectivity index (χ3v) is 3.29. The number of hydrogen-bond acceptors (Lipinski definition) is 4. The molecule has 1 unspecified atom stereocenters. The van der Waals surface area contributed by atoms with Crippen LogP contribution in [0.25, 0.3) is 0 Å². The van der Waals surface area contributed by atoms with Gasteiger partial charge in [-0.3, -0.25) is 9.79 Å². The molecule has 0 spiro atoms. The average Bonchev–Trinajstić information content (AvgIpc) is 2.90. The van der Waals surface area contributed by atoms with Gasteiger partial charge in [0, 0.05) is 18.5 Å². The van der Waals surface area contributed by atoms with Gasteiger partial charge in [-0.1, -0.05) is 13.0 Å². The Morgan fingerprint density at radius 3 is 2.79 bits per heavy atom. The van der Waals surface area contributed by atoms with E-state index in [2.05, 4.69) is 26.4 Å². The average molecular weight is 397 g/mol. The van der Waals surface area contributed by atoms with E-state index < -0.39 is 0 Å². The predicted molar refractivity (Wildman–Crippen MR) is 89.1 cm³/mol. The lowest BCUT2D eigenvalue weighted by atomic mass is 10.2. The van der Waals surface area contributed by atoms with E-state index in [0.29, 0.717) is 12.5 Å². The van der Waals surface area contributed by atoms with E-state index in [-0.39, 0.29) is 35.9 Å². The van der Waals surface area contributed by atoms with Crippen LogP contribution in [0.5, 0.6) is 0 Å². The number of methoxy groups -OCH3 is 1. The molecule has 0 aliphatic carbocycles. The first-order valence-corrected chi connectivity index (χ1v) is 6.60. The molecule has 0 aliphatic heterocycles. The van der Waals surface area contributed by atoms with Gasteiger partial charge in [0.15, 0.2) is 5.96 Å². The zero-order chi connectivity index (χ0) is 13.4. The summed E-state index contributed by atoms with van der Waals surface area (Å²) in [7, 11) is 3.09. The topological polar surface area (TPSA) is 62.7 Å². The summed E-state index contributed by atoms with van der Waals surface area (Å²) in [6.45, 7) is 3.03. The van der Waals surface area contributed by atoms with Crippen molar-refractivity contribution in [2.24, 2.45) is 10.9 Å². The second-order valence-corrected chi connectivity index (χ2v) is 4.84. The van der Waals surface area contributed by atoms with Crippen LogP contribution in [-0.2, 0) is 16.1 Å². The molecule has 2 N–H and O–H groups in total. The number of ether oxygens (including phenoxy) is 1. The summed E-state index contributed by atoms with van der Waals surface area (Å²) < 4.78 is 4.66. The summed E-state index contributed by atoms with van der Waals surface area (Å²) in [5.74, 6) is 0.255. The Balaban J connectivity index is 0.00000324. The standard InChI is InChI=1S/C12H19N3O2S.HI/c1-9(11(16)17-3)7-14-12(13-2)15-8-10-5-4-6-18-10;/h4-6,9H,7-8H2,1-3H3,(H2,13,14,15);1H. The lowest BCUT2D eigenvalue weighted by Gasteiger charge is -2.14. The van der Waals surface area contributed by atoms with Crippen molar-refractivity contribution in [2.75, 3.05) is 20.7 Å². The van der Waals surface area contributed by atoms with Crippen LogP contribution in [0.3, 0.4) is 0 Å². The van der Waals surface area contributed by atoms with Crippen molar-refractivity contribution in [3.63, 3.8) is 0 Å².